The zero-order chi connectivity index (χ0) is 37.9. The lowest BCUT2D eigenvalue weighted by Crippen LogP contribution is -2.34. The van der Waals surface area contributed by atoms with Crippen molar-refractivity contribution >= 4 is 50.0 Å². The number of ether oxygens (including phenoxy) is 1. The highest BCUT2D eigenvalue weighted by Gasteiger charge is 2.21. The van der Waals surface area contributed by atoms with Gasteiger partial charge in [0.15, 0.2) is 6.29 Å². The summed E-state index contributed by atoms with van der Waals surface area (Å²) in [5.74, 6) is 1.02. The Morgan fingerprint density at radius 1 is 0.827 bits per heavy atom. The number of nitrogens with zero attached hydrogens (tertiary/aromatic N) is 5. The quantitative estimate of drug-likeness (QED) is 0.0705. The van der Waals surface area contributed by atoms with Gasteiger partial charge in [0.05, 0.1) is 11.4 Å². The maximum Gasteiger partial charge on any atom is 0.221 e. The van der Waals surface area contributed by atoms with Crippen LogP contribution >= 0.6 is 11.3 Å². The Hall–Kier alpha value is -3.47. The molecule has 2 N–H and O–H groups in total. The van der Waals surface area contributed by atoms with Crippen molar-refractivity contribution in [2.75, 3.05) is 29.9 Å². The Kier molecular flexibility index (Phi) is 19.2. The van der Waals surface area contributed by atoms with Gasteiger partial charge in [0.2, 0.25) is 5.91 Å². The molecule has 0 aliphatic carbocycles. The van der Waals surface area contributed by atoms with Gasteiger partial charge in [-0.1, -0.05) is 117 Å². The maximum absolute atomic E-state index is 12.5. The topological polar surface area (TPSA) is 111 Å². The molecule has 0 saturated carbocycles. The largest absolute Gasteiger partial charge is 0.371 e. The van der Waals surface area contributed by atoms with Crippen LogP contribution in [0.2, 0.25) is 0 Å². The second-order valence-corrected chi connectivity index (χ2v) is 14.7. The van der Waals surface area contributed by atoms with Gasteiger partial charge in [-0.2, -0.15) is 0 Å². The molecular weight excluding hydrogens is 669 g/mol. The van der Waals surface area contributed by atoms with Gasteiger partial charge in [0.25, 0.3) is 0 Å². The second-order valence-electron chi connectivity index (χ2n) is 13.7. The number of hydrogen-bond donors (Lipinski definition) is 2. The van der Waals surface area contributed by atoms with Crippen LogP contribution in [0.3, 0.4) is 0 Å². The Morgan fingerprint density at radius 2 is 1.46 bits per heavy atom. The number of nitrogens with one attached hydrogen (secondary N) is 1. The number of aryl methyl sites for hydroxylation is 2. The fourth-order valence-corrected chi connectivity index (χ4v) is 7.21. The molecule has 286 valence electrons. The van der Waals surface area contributed by atoms with E-state index >= 15 is 0 Å². The van der Waals surface area contributed by atoms with E-state index in [4.69, 9.17) is 4.74 Å². The van der Waals surface area contributed by atoms with E-state index in [0.717, 1.165) is 67.7 Å². The zero-order valence-corrected chi connectivity index (χ0v) is 33.9. The first kappa shape index (κ1) is 42.9. The number of benzene rings is 2. The van der Waals surface area contributed by atoms with Crippen molar-refractivity contribution in [3.05, 3.63) is 59.2 Å². The molecule has 0 spiro atoms. The molecule has 0 aliphatic heterocycles. The highest BCUT2D eigenvalue weighted by molar-refractivity contribution is 7.19. The van der Waals surface area contributed by atoms with E-state index in [2.05, 4.69) is 96.5 Å². The number of anilines is 2. The molecule has 9 nitrogen and oxygen atoms in total. The van der Waals surface area contributed by atoms with E-state index < -0.39 is 6.29 Å². The lowest BCUT2D eigenvalue weighted by Gasteiger charge is -2.33. The van der Waals surface area contributed by atoms with Crippen molar-refractivity contribution in [1.82, 2.24) is 0 Å². The fraction of sp³-hybridized carbons (Fsp3) is 0.595. The number of thiophene rings is 1. The third-order valence-electron chi connectivity index (χ3n) is 9.63. The first-order valence-electron chi connectivity index (χ1n) is 19.7. The summed E-state index contributed by atoms with van der Waals surface area (Å²) >= 11 is 1.29. The predicted octanol–water partition coefficient (Wildman–Crippen LogP) is 13.3. The molecule has 0 fully saturated rings. The van der Waals surface area contributed by atoms with Gasteiger partial charge in [0, 0.05) is 37.9 Å². The number of hydrogen-bond acceptors (Lipinski definition) is 9. The third-order valence-corrected chi connectivity index (χ3v) is 10.6. The molecule has 2 aromatic carbocycles. The lowest BCUT2D eigenvalue weighted by atomic mass is 9.95. The minimum absolute atomic E-state index is 0.175. The van der Waals surface area contributed by atoms with Crippen molar-refractivity contribution in [1.29, 1.82) is 0 Å². The molecule has 0 saturated heterocycles. The summed E-state index contributed by atoms with van der Waals surface area (Å²) in [6.07, 6.45) is 10.8. The van der Waals surface area contributed by atoms with Gasteiger partial charge < -0.3 is 20.1 Å². The molecule has 3 atom stereocenters. The van der Waals surface area contributed by atoms with Gasteiger partial charge in [0.1, 0.15) is 15.7 Å². The summed E-state index contributed by atoms with van der Waals surface area (Å²) < 4.78 is 5.69. The van der Waals surface area contributed by atoms with Crippen LogP contribution in [0.5, 0.6) is 0 Å². The van der Waals surface area contributed by atoms with Gasteiger partial charge in [-0.25, -0.2) is 0 Å². The number of amides is 1. The first-order valence-corrected chi connectivity index (χ1v) is 20.6. The van der Waals surface area contributed by atoms with E-state index in [1.165, 1.54) is 56.8 Å². The Morgan fingerprint density at radius 3 is 2.00 bits per heavy atom. The van der Waals surface area contributed by atoms with Crippen molar-refractivity contribution in [3.8, 4) is 0 Å². The number of carbonyl (C=O) groups excluding carboxylic acids is 1. The van der Waals surface area contributed by atoms with Crippen LogP contribution in [0.1, 0.15) is 136 Å². The summed E-state index contributed by atoms with van der Waals surface area (Å²) in [7, 11) is 0. The van der Waals surface area contributed by atoms with E-state index in [9.17, 15) is 9.90 Å². The molecule has 1 aromatic heterocycles. The molecule has 0 radical (unpaired) electrons. The van der Waals surface area contributed by atoms with Crippen LogP contribution in [0.25, 0.3) is 0 Å². The van der Waals surface area contributed by atoms with Gasteiger partial charge in [-0.3, -0.25) is 4.79 Å². The summed E-state index contributed by atoms with van der Waals surface area (Å²) in [6, 6.07) is 14.1. The van der Waals surface area contributed by atoms with Gasteiger partial charge in [-0.05, 0) is 79.3 Å². The van der Waals surface area contributed by atoms with Crippen LogP contribution in [0, 0.1) is 11.8 Å². The summed E-state index contributed by atoms with van der Waals surface area (Å²) in [5.41, 5.74) is 5.85. The van der Waals surface area contributed by atoms with Crippen LogP contribution in [0.4, 0.5) is 32.8 Å². The van der Waals surface area contributed by atoms with Crippen molar-refractivity contribution in [2.45, 2.75) is 132 Å². The molecule has 1 amide bonds. The number of aliphatic hydroxyl groups excluding tert-OH is 1. The van der Waals surface area contributed by atoms with E-state index in [0.29, 0.717) is 45.4 Å². The summed E-state index contributed by atoms with van der Waals surface area (Å²) in [4.78, 5) is 15.0. The third kappa shape index (κ3) is 13.2. The molecule has 52 heavy (non-hydrogen) atoms. The van der Waals surface area contributed by atoms with Crippen LogP contribution < -0.4 is 10.2 Å². The van der Waals surface area contributed by atoms with Crippen molar-refractivity contribution in [3.63, 3.8) is 0 Å². The van der Waals surface area contributed by atoms with Gasteiger partial charge >= 0.3 is 0 Å². The highest BCUT2D eigenvalue weighted by atomic mass is 32.1. The van der Waals surface area contributed by atoms with Gasteiger partial charge in [-0.15, -0.1) is 20.5 Å². The Balaban J connectivity index is 2.04. The minimum Gasteiger partial charge on any atom is -0.371 e. The normalized spacial score (nSPS) is 13.6. The fourth-order valence-electron chi connectivity index (χ4n) is 6.39. The molecule has 0 aliphatic rings. The number of aliphatic hydroxyl groups is 1. The average molecular weight is 733 g/mol. The standard InChI is InChI=1S/C42H64N6O3S/c1-9-16-19-31(12-4)28-48(29-32(13-5)20-17-10-2)35-23-24-37(38(26-35)43-30(8)49)44-47-41-36(42(50)51-25-11-3)27-39(52-41)45-46-40-33(14-6)21-18-22-34(40)15-7/h18,21-24,26-27,31-32,42,50H,9-17,19-20,25,28-29H2,1-8H3,(H,43,49). The summed E-state index contributed by atoms with van der Waals surface area (Å²) in [6.45, 7) is 19.2. The number of carbonyl (C=O) groups is 1. The maximum atomic E-state index is 12.5. The molecule has 10 heteroatoms. The van der Waals surface area contributed by atoms with Crippen LogP contribution in [0.15, 0.2) is 62.9 Å². The Bertz CT molecular complexity index is 1530. The minimum atomic E-state index is -1.19. The molecule has 1 heterocycles. The smallest absolute Gasteiger partial charge is 0.221 e. The SMILES string of the molecule is CCCCC(CC)CN(CC(CC)CCCC)c1ccc(N=Nc2sc(N=Nc3c(CC)cccc3CC)cc2C(O)OCCC)c(NC(C)=O)c1. The average Bonchev–Trinajstić information content (AvgIpc) is 3.57. The predicted molar refractivity (Wildman–Crippen MR) is 219 cm³/mol. The van der Waals surface area contributed by atoms with E-state index in [1.54, 1.807) is 6.07 Å². The molecule has 3 rings (SSSR count). The van der Waals surface area contributed by atoms with E-state index in [1.807, 2.05) is 19.1 Å². The van der Waals surface area contributed by atoms with Crippen LogP contribution in [-0.2, 0) is 22.4 Å². The van der Waals surface area contributed by atoms with Crippen LogP contribution in [-0.4, -0.2) is 30.7 Å². The lowest BCUT2D eigenvalue weighted by molar-refractivity contribution is -0.114. The van der Waals surface area contributed by atoms with Crippen molar-refractivity contribution in [2.24, 2.45) is 32.3 Å². The van der Waals surface area contributed by atoms with E-state index in [-0.39, 0.29) is 5.91 Å². The highest BCUT2D eigenvalue weighted by Crippen LogP contribution is 2.43. The number of azo groups is 2. The second kappa shape index (κ2) is 23.2. The monoisotopic (exact) mass is 732 g/mol. The molecular formula is C42H64N6O3S. The first-order chi connectivity index (χ1) is 25.2. The molecule has 3 unspecified atom stereocenters. The number of unbranched alkanes of at least 4 members (excludes halogenated alkanes) is 2. The van der Waals surface area contributed by atoms with Crippen molar-refractivity contribution < 1.29 is 14.6 Å². The zero-order valence-electron chi connectivity index (χ0n) is 33.1. The molecule has 3 aromatic rings. The number of rotatable bonds is 24. The summed E-state index contributed by atoms with van der Waals surface area (Å²) in [5, 5.41) is 33.6. The Labute approximate surface area is 317 Å². The molecule has 0 bridgehead atoms.